The molecule has 1 fully saturated rings. The molecule has 0 bridgehead atoms. The van der Waals surface area contributed by atoms with Crippen LogP contribution in [0.1, 0.15) is 25.7 Å². The number of rotatable bonds is 5. The van der Waals surface area contributed by atoms with Crippen LogP contribution in [0.3, 0.4) is 0 Å². The van der Waals surface area contributed by atoms with Crippen LogP contribution in [-0.4, -0.2) is 48.5 Å². The Hall–Kier alpha value is -0.600. The van der Waals surface area contributed by atoms with Crippen molar-refractivity contribution in [3.05, 3.63) is 20.9 Å². The summed E-state index contributed by atoms with van der Waals surface area (Å²) in [6, 6.07) is 4.37. The number of likely N-dealkylation sites (N-methyl/N-ethyl adjacent to an activating group) is 1. The minimum absolute atomic E-state index is 0.0890. The second kappa shape index (κ2) is 8.31. The molecule has 1 saturated carbocycles. The van der Waals surface area contributed by atoms with E-state index in [1.54, 1.807) is 0 Å². The summed E-state index contributed by atoms with van der Waals surface area (Å²) in [6.07, 6.45) is 4.15. The molecule has 1 aliphatic rings. The summed E-state index contributed by atoms with van der Waals surface area (Å²) in [4.78, 5) is 18.1. The van der Waals surface area contributed by atoms with Crippen LogP contribution in [0.15, 0.2) is 12.1 Å². The van der Waals surface area contributed by atoms with Crippen LogP contribution < -0.4 is 10.6 Å². The fourth-order valence-corrected chi connectivity index (χ4v) is 3.74. The highest BCUT2D eigenvalue weighted by Gasteiger charge is 2.23. The summed E-state index contributed by atoms with van der Waals surface area (Å²) >= 11 is 8.23. The van der Waals surface area contributed by atoms with E-state index in [9.17, 15) is 4.79 Å². The quantitative estimate of drug-likeness (QED) is 0.550. The number of nitrogens with one attached hydrogen (secondary N) is 2. The highest BCUT2D eigenvalue weighted by molar-refractivity contribution is 14.1. The van der Waals surface area contributed by atoms with Gasteiger partial charge in [0.2, 0.25) is 5.91 Å². The second-order valence-electron chi connectivity index (χ2n) is 6.00. The normalized spacial score (nSPS) is 21.7. The van der Waals surface area contributed by atoms with Crippen molar-refractivity contribution < 1.29 is 4.79 Å². The fourth-order valence-electron chi connectivity index (χ4n) is 2.76. The molecule has 0 saturated heterocycles. The van der Waals surface area contributed by atoms with E-state index in [-0.39, 0.29) is 11.9 Å². The van der Waals surface area contributed by atoms with Gasteiger partial charge in [-0.05, 0) is 74.5 Å². The monoisotopic (exact) mass is 436 g/mol. The number of halogens is 2. The van der Waals surface area contributed by atoms with Crippen LogP contribution in [-0.2, 0) is 4.79 Å². The highest BCUT2D eigenvalue weighted by atomic mass is 127. The first-order valence-electron chi connectivity index (χ1n) is 7.46. The van der Waals surface area contributed by atoms with Gasteiger partial charge in [-0.15, -0.1) is 0 Å². The van der Waals surface area contributed by atoms with Crippen LogP contribution in [0.4, 0.5) is 5.82 Å². The van der Waals surface area contributed by atoms with Gasteiger partial charge in [-0.1, -0.05) is 11.6 Å². The number of carbonyl (C=O) groups is 1. The lowest BCUT2D eigenvalue weighted by molar-refractivity contribution is -0.122. The van der Waals surface area contributed by atoms with Gasteiger partial charge < -0.3 is 15.5 Å². The molecule has 0 spiro atoms. The fraction of sp³-hybridized carbons (Fsp3) is 0.600. The minimum atomic E-state index is 0.0890. The van der Waals surface area contributed by atoms with E-state index < -0.39 is 0 Å². The van der Waals surface area contributed by atoms with Crippen molar-refractivity contribution in [1.29, 1.82) is 0 Å². The molecule has 1 heterocycles. The lowest BCUT2D eigenvalue weighted by Gasteiger charge is -2.31. The standard InChI is InChI=1S/C15H22ClIN4O/c1-21(2)9-15(22)19-12-5-3-4-11(8-12)18-14-7-10(17)6-13(16)20-14/h6-7,11-12H,3-5,8-9H2,1-2H3,(H,18,20)(H,19,22). The number of anilines is 1. The van der Waals surface area contributed by atoms with Crippen LogP contribution in [0, 0.1) is 3.57 Å². The number of carbonyl (C=O) groups excluding carboxylic acids is 1. The molecule has 0 aromatic carbocycles. The summed E-state index contributed by atoms with van der Waals surface area (Å²) in [7, 11) is 3.80. The predicted octanol–water partition coefficient (Wildman–Crippen LogP) is 2.74. The maximum Gasteiger partial charge on any atom is 0.234 e. The first-order chi connectivity index (χ1) is 10.4. The van der Waals surface area contributed by atoms with Gasteiger partial charge in [-0.2, -0.15) is 0 Å². The molecule has 0 aliphatic heterocycles. The molecule has 1 aromatic heterocycles. The van der Waals surface area contributed by atoms with Gasteiger partial charge in [-0.3, -0.25) is 4.79 Å². The summed E-state index contributed by atoms with van der Waals surface area (Å²) in [5.74, 6) is 0.897. The van der Waals surface area contributed by atoms with E-state index in [4.69, 9.17) is 11.6 Å². The minimum Gasteiger partial charge on any atom is -0.367 e. The molecule has 122 valence electrons. The summed E-state index contributed by atoms with van der Waals surface area (Å²) in [5.41, 5.74) is 0. The number of pyridine rings is 1. The van der Waals surface area contributed by atoms with E-state index in [0.717, 1.165) is 35.1 Å². The van der Waals surface area contributed by atoms with E-state index in [2.05, 4.69) is 38.2 Å². The molecule has 7 heteroatoms. The molecule has 1 amide bonds. The largest absolute Gasteiger partial charge is 0.367 e. The Morgan fingerprint density at radius 2 is 2.14 bits per heavy atom. The number of nitrogens with zero attached hydrogens (tertiary/aromatic N) is 2. The average Bonchev–Trinajstić information content (AvgIpc) is 2.36. The second-order valence-corrected chi connectivity index (χ2v) is 7.64. The third-order valence-corrected chi connectivity index (χ3v) is 4.43. The Morgan fingerprint density at radius 1 is 1.41 bits per heavy atom. The number of amides is 1. The van der Waals surface area contributed by atoms with Gasteiger partial charge in [-0.25, -0.2) is 4.98 Å². The molecule has 2 atom stereocenters. The third kappa shape index (κ3) is 5.89. The van der Waals surface area contributed by atoms with Crippen LogP contribution in [0.5, 0.6) is 0 Å². The zero-order valence-electron chi connectivity index (χ0n) is 12.9. The molecule has 1 aromatic rings. The van der Waals surface area contributed by atoms with Gasteiger partial charge >= 0.3 is 0 Å². The Morgan fingerprint density at radius 3 is 2.82 bits per heavy atom. The first kappa shape index (κ1) is 17.7. The molecule has 1 aliphatic carbocycles. The van der Waals surface area contributed by atoms with E-state index in [0.29, 0.717) is 17.7 Å². The molecule has 2 N–H and O–H groups in total. The van der Waals surface area contributed by atoms with Crippen molar-refractivity contribution in [2.75, 3.05) is 26.0 Å². The number of hydrogen-bond acceptors (Lipinski definition) is 4. The van der Waals surface area contributed by atoms with Gasteiger partial charge in [0.05, 0.1) is 6.54 Å². The van der Waals surface area contributed by atoms with Crippen LogP contribution >= 0.6 is 34.2 Å². The number of aromatic nitrogens is 1. The van der Waals surface area contributed by atoms with Crippen LogP contribution in [0.25, 0.3) is 0 Å². The SMILES string of the molecule is CN(C)CC(=O)NC1CCCC(Nc2cc(I)cc(Cl)n2)C1. The molecular weight excluding hydrogens is 415 g/mol. The van der Waals surface area contributed by atoms with Gasteiger partial charge in [0, 0.05) is 15.7 Å². The van der Waals surface area contributed by atoms with E-state index >= 15 is 0 Å². The summed E-state index contributed by atoms with van der Waals surface area (Å²) in [5, 5.41) is 7.07. The predicted molar refractivity (Wildman–Crippen MR) is 98.3 cm³/mol. The topological polar surface area (TPSA) is 57.3 Å². The lowest BCUT2D eigenvalue weighted by Crippen LogP contribution is -2.44. The lowest BCUT2D eigenvalue weighted by atomic mass is 9.91. The third-order valence-electron chi connectivity index (χ3n) is 3.61. The maximum atomic E-state index is 11.9. The molecule has 22 heavy (non-hydrogen) atoms. The van der Waals surface area contributed by atoms with Gasteiger partial charge in [0.15, 0.2) is 0 Å². The van der Waals surface area contributed by atoms with Crippen molar-refractivity contribution in [3.8, 4) is 0 Å². The van der Waals surface area contributed by atoms with Crippen molar-refractivity contribution in [3.63, 3.8) is 0 Å². The van der Waals surface area contributed by atoms with Crippen molar-refractivity contribution in [1.82, 2.24) is 15.2 Å². The van der Waals surface area contributed by atoms with Gasteiger partial charge in [0.1, 0.15) is 11.0 Å². The zero-order valence-corrected chi connectivity index (χ0v) is 15.8. The average molecular weight is 437 g/mol. The highest BCUT2D eigenvalue weighted by Crippen LogP contribution is 2.23. The maximum absolute atomic E-state index is 11.9. The van der Waals surface area contributed by atoms with E-state index in [1.165, 1.54) is 0 Å². The van der Waals surface area contributed by atoms with Crippen LogP contribution in [0.2, 0.25) is 5.15 Å². The molecule has 0 radical (unpaired) electrons. The Labute approximate surface area is 150 Å². The van der Waals surface area contributed by atoms with Crippen molar-refractivity contribution >= 4 is 45.9 Å². The molecule has 5 nitrogen and oxygen atoms in total. The Kier molecular flexibility index (Phi) is 6.70. The first-order valence-corrected chi connectivity index (χ1v) is 8.92. The van der Waals surface area contributed by atoms with Gasteiger partial charge in [0.25, 0.3) is 0 Å². The molecule has 2 unspecified atom stereocenters. The number of hydrogen-bond donors (Lipinski definition) is 2. The molecule has 2 rings (SSSR count). The summed E-state index contributed by atoms with van der Waals surface area (Å²) < 4.78 is 1.06. The summed E-state index contributed by atoms with van der Waals surface area (Å²) in [6.45, 7) is 0.433. The van der Waals surface area contributed by atoms with E-state index in [1.807, 2.05) is 31.1 Å². The Bertz CT molecular complexity index is 506. The zero-order chi connectivity index (χ0) is 16.1. The van der Waals surface area contributed by atoms with Crippen molar-refractivity contribution in [2.24, 2.45) is 0 Å². The Balaban J connectivity index is 1.89. The molecular formula is C15H22ClIN4O. The smallest absolute Gasteiger partial charge is 0.234 e. The van der Waals surface area contributed by atoms with Crippen molar-refractivity contribution in [2.45, 2.75) is 37.8 Å².